The van der Waals surface area contributed by atoms with Crippen molar-refractivity contribution in [2.24, 2.45) is 11.7 Å². The molecule has 0 fully saturated rings. The number of hydrogen-bond donors (Lipinski definition) is 1. The number of halogens is 3. The van der Waals surface area contributed by atoms with Crippen molar-refractivity contribution < 1.29 is 13.2 Å². The Hall–Kier alpha value is -2.27. The molecule has 0 spiro atoms. The van der Waals surface area contributed by atoms with Gasteiger partial charge in [0.1, 0.15) is 0 Å². The highest BCUT2D eigenvalue weighted by Crippen LogP contribution is 2.38. The van der Waals surface area contributed by atoms with Gasteiger partial charge in [-0.25, -0.2) is 0 Å². The highest BCUT2D eigenvalue weighted by atomic mass is 19.4. The first-order valence-corrected chi connectivity index (χ1v) is 8.29. The van der Waals surface area contributed by atoms with Crippen molar-refractivity contribution in [3.8, 4) is 11.1 Å². The first-order valence-electron chi connectivity index (χ1n) is 8.29. The molecule has 0 aliphatic carbocycles. The van der Waals surface area contributed by atoms with Gasteiger partial charge >= 0.3 is 6.18 Å². The van der Waals surface area contributed by atoms with Gasteiger partial charge in [-0.2, -0.15) is 13.2 Å². The molecule has 0 saturated carbocycles. The van der Waals surface area contributed by atoms with Crippen LogP contribution in [0.25, 0.3) is 22.0 Å². The van der Waals surface area contributed by atoms with Crippen LogP contribution in [0.1, 0.15) is 25.0 Å². The Morgan fingerprint density at radius 2 is 1.80 bits per heavy atom. The average molecular weight is 346 g/mol. The molecule has 2 nitrogen and oxygen atoms in total. The fraction of sp³-hybridized carbons (Fsp3) is 0.300. The minimum absolute atomic E-state index is 0.198. The fourth-order valence-electron chi connectivity index (χ4n) is 3.22. The second-order valence-electron chi connectivity index (χ2n) is 6.68. The Bertz CT molecular complexity index is 892. The maximum absolute atomic E-state index is 13.3. The van der Waals surface area contributed by atoms with Gasteiger partial charge < -0.3 is 10.3 Å². The van der Waals surface area contributed by atoms with E-state index in [1.54, 1.807) is 12.1 Å². The summed E-state index contributed by atoms with van der Waals surface area (Å²) in [6, 6.07) is 11.1. The Balaban J connectivity index is 2.20. The van der Waals surface area contributed by atoms with Crippen LogP contribution in [-0.2, 0) is 19.3 Å². The number of fused-ring (bicyclic) bond motifs is 1. The number of nitrogens with zero attached hydrogens (tertiary/aromatic N) is 1. The predicted octanol–water partition coefficient (Wildman–Crippen LogP) is 5.44. The zero-order valence-corrected chi connectivity index (χ0v) is 14.3. The Labute approximate surface area is 145 Å². The average Bonchev–Trinajstić information content (AvgIpc) is 2.90. The number of rotatable bonds is 4. The molecule has 1 aromatic heterocycles. The minimum Gasteiger partial charge on any atom is -0.347 e. The molecule has 132 valence electrons. The third kappa shape index (κ3) is 3.42. The highest BCUT2D eigenvalue weighted by Gasteiger charge is 2.33. The standard InChI is InChI=1S/C20H21F3N2/c1-13(2)11-25-12-15(10-24)17-8-7-14(9-19(17)25)16-5-3-4-6-18(16)20(21,22)23/h3-9,12-13H,10-11,24H2,1-2H3. The monoisotopic (exact) mass is 346 g/mol. The molecule has 2 aromatic carbocycles. The number of aromatic nitrogens is 1. The van der Waals surface area contributed by atoms with Crippen LogP contribution < -0.4 is 5.73 Å². The van der Waals surface area contributed by atoms with Gasteiger partial charge in [-0.3, -0.25) is 0 Å². The van der Waals surface area contributed by atoms with Crippen molar-refractivity contribution in [1.82, 2.24) is 4.57 Å². The van der Waals surface area contributed by atoms with E-state index in [0.717, 1.165) is 29.1 Å². The van der Waals surface area contributed by atoms with Crippen LogP contribution in [0.5, 0.6) is 0 Å². The van der Waals surface area contributed by atoms with E-state index in [2.05, 4.69) is 18.4 Å². The summed E-state index contributed by atoms with van der Waals surface area (Å²) < 4.78 is 42.1. The van der Waals surface area contributed by atoms with E-state index in [1.165, 1.54) is 12.1 Å². The summed E-state index contributed by atoms with van der Waals surface area (Å²) in [6.45, 7) is 5.41. The van der Waals surface area contributed by atoms with E-state index in [9.17, 15) is 13.2 Å². The third-order valence-electron chi connectivity index (χ3n) is 4.29. The molecule has 2 N–H and O–H groups in total. The molecule has 0 aliphatic rings. The molecule has 1 heterocycles. The molecular weight excluding hydrogens is 325 g/mol. The van der Waals surface area contributed by atoms with Crippen LogP contribution >= 0.6 is 0 Å². The molecule has 0 atom stereocenters. The van der Waals surface area contributed by atoms with Gasteiger partial charge in [0.15, 0.2) is 0 Å². The lowest BCUT2D eigenvalue weighted by molar-refractivity contribution is -0.137. The van der Waals surface area contributed by atoms with Gasteiger partial charge in [0, 0.05) is 30.2 Å². The van der Waals surface area contributed by atoms with Crippen LogP contribution in [0, 0.1) is 5.92 Å². The molecule has 0 bridgehead atoms. The van der Waals surface area contributed by atoms with Crippen LogP contribution in [-0.4, -0.2) is 4.57 Å². The van der Waals surface area contributed by atoms with Crippen LogP contribution in [0.2, 0.25) is 0 Å². The SMILES string of the molecule is CC(C)Cn1cc(CN)c2ccc(-c3ccccc3C(F)(F)F)cc21. The maximum Gasteiger partial charge on any atom is 0.417 e. The van der Waals surface area contributed by atoms with Crippen LogP contribution in [0.3, 0.4) is 0 Å². The van der Waals surface area contributed by atoms with Gasteiger partial charge in [0.2, 0.25) is 0 Å². The summed E-state index contributed by atoms with van der Waals surface area (Å²) in [5.41, 5.74) is 7.90. The van der Waals surface area contributed by atoms with Gasteiger partial charge in [-0.1, -0.05) is 44.2 Å². The van der Waals surface area contributed by atoms with Gasteiger partial charge in [0.25, 0.3) is 0 Å². The Morgan fingerprint density at radius 3 is 2.44 bits per heavy atom. The molecule has 0 saturated heterocycles. The summed E-state index contributed by atoms with van der Waals surface area (Å²) in [4.78, 5) is 0. The highest BCUT2D eigenvalue weighted by molar-refractivity contribution is 5.89. The largest absolute Gasteiger partial charge is 0.417 e. The molecule has 5 heteroatoms. The van der Waals surface area contributed by atoms with E-state index in [0.29, 0.717) is 18.0 Å². The molecule has 0 amide bonds. The lowest BCUT2D eigenvalue weighted by atomic mass is 9.98. The van der Waals surface area contributed by atoms with Crippen molar-refractivity contribution in [3.05, 3.63) is 59.8 Å². The van der Waals surface area contributed by atoms with Crippen molar-refractivity contribution >= 4 is 10.9 Å². The van der Waals surface area contributed by atoms with Gasteiger partial charge in [-0.05, 0) is 34.7 Å². The van der Waals surface area contributed by atoms with E-state index >= 15 is 0 Å². The summed E-state index contributed by atoms with van der Waals surface area (Å²) in [7, 11) is 0. The summed E-state index contributed by atoms with van der Waals surface area (Å²) in [5, 5.41) is 0.997. The summed E-state index contributed by atoms with van der Waals surface area (Å²) in [5.74, 6) is 0.423. The topological polar surface area (TPSA) is 30.9 Å². The molecule has 0 aliphatic heterocycles. The van der Waals surface area contributed by atoms with E-state index in [1.807, 2.05) is 18.3 Å². The molecular formula is C20H21F3N2. The zero-order chi connectivity index (χ0) is 18.2. The second-order valence-corrected chi connectivity index (χ2v) is 6.68. The molecule has 3 rings (SSSR count). The van der Waals surface area contributed by atoms with Crippen LogP contribution in [0.4, 0.5) is 13.2 Å². The summed E-state index contributed by atoms with van der Waals surface area (Å²) in [6.07, 6.45) is -2.38. The maximum atomic E-state index is 13.3. The van der Waals surface area contributed by atoms with Crippen LogP contribution in [0.15, 0.2) is 48.7 Å². The fourth-order valence-corrected chi connectivity index (χ4v) is 3.22. The lowest BCUT2D eigenvalue weighted by Gasteiger charge is -2.14. The smallest absolute Gasteiger partial charge is 0.347 e. The predicted molar refractivity (Wildman–Crippen MR) is 95.1 cm³/mol. The molecule has 0 unspecified atom stereocenters. The van der Waals surface area contributed by atoms with Crippen molar-refractivity contribution in [2.45, 2.75) is 33.1 Å². The number of benzene rings is 2. The molecule has 25 heavy (non-hydrogen) atoms. The molecule has 3 aromatic rings. The zero-order valence-electron chi connectivity index (χ0n) is 14.3. The first kappa shape index (κ1) is 17.5. The normalized spacial score (nSPS) is 12.3. The number of nitrogens with two attached hydrogens (primary N) is 1. The first-order chi connectivity index (χ1) is 11.8. The summed E-state index contributed by atoms with van der Waals surface area (Å²) >= 11 is 0. The second kappa shape index (κ2) is 6.56. The van der Waals surface area contributed by atoms with Crippen molar-refractivity contribution in [2.75, 3.05) is 0 Å². The van der Waals surface area contributed by atoms with E-state index in [-0.39, 0.29) is 5.56 Å². The van der Waals surface area contributed by atoms with Crippen molar-refractivity contribution in [3.63, 3.8) is 0 Å². The Morgan fingerprint density at radius 1 is 1.08 bits per heavy atom. The van der Waals surface area contributed by atoms with E-state index < -0.39 is 11.7 Å². The lowest BCUT2D eigenvalue weighted by Crippen LogP contribution is -2.07. The quantitative estimate of drug-likeness (QED) is 0.670. The number of hydrogen-bond acceptors (Lipinski definition) is 1. The van der Waals surface area contributed by atoms with Gasteiger partial charge in [0.05, 0.1) is 5.56 Å². The number of alkyl halides is 3. The van der Waals surface area contributed by atoms with Gasteiger partial charge in [-0.15, -0.1) is 0 Å². The van der Waals surface area contributed by atoms with Crippen molar-refractivity contribution in [1.29, 1.82) is 0 Å². The Kier molecular flexibility index (Phi) is 4.60. The molecule has 0 radical (unpaired) electrons. The van der Waals surface area contributed by atoms with E-state index in [4.69, 9.17) is 5.73 Å². The third-order valence-corrected chi connectivity index (χ3v) is 4.29. The minimum atomic E-state index is -4.38.